The van der Waals surface area contributed by atoms with Crippen LogP contribution in [0.4, 0.5) is 0 Å². The third kappa shape index (κ3) is 5.81. The quantitative estimate of drug-likeness (QED) is 0.493. The van der Waals surface area contributed by atoms with Gasteiger partial charge in [-0.3, -0.25) is 9.78 Å². The van der Waals surface area contributed by atoms with Gasteiger partial charge in [-0.15, -0.1) is 0 Å². The molecule has 3 aromatic rings. The Morgan fingerprint density at radius 2 is 1.83 bits per heavy atom. The smallest absolute Gasteiger partial charge is 0.339 e. The van der Waals surface area contributed by atoms with E-state index in [1.165, 1.54) is 0 Å². The van der Waals surface area contributed by atoms with E-state index in [2.05, 4.69) is 26.1 Å². The van der Waals surface area contributed by atoms with Crippen molar-refractivity contribution in [3.8, 4) is 5.75 Å². The second-order valence-corrected chi connectivity index (χ2v) is 10.3. The van der Waals surface area contributed by atoms with Crippen molar-refractivity contribution >= 4 is 22.8 Å². The monoisotopic (exact) mass is 474 g/mol. The molecule has 6 nitrogen and oxygen atoms in total. The molecule has 0 radical (unpaired) electrons. The highest BCUT2D eigenvalue weighted by atomic mass is 16.5. The van der Waals surface area contributed by atoms with Crippen LogP contribution in [-0.4, -0.2) is 37.1 Å². The highest BCUT2D eigenvalue weighted by Crippen LogP contribution is 2.39. The molecule has 1 aliphatic carbocycles. The lowest BCUT2D eigenvalue weighted by molar-refractivity contribution is -0.124. The molecule has 1 unspecified atom stereocenters. The Kier molecular flexibility index (Phi) is 7.39. The van der Waals surface area contributed by atoms with Crippen LogP contribution < -0.4 is 10.1 Å². The van der Waals surface area contributed by atoms with E-state index in [4.69, 9.17) is 14.5 Å². The van der Waals surface area contributed by atoms with Crippen LogP contribution in [0.1, 0.15) is 54.4 Å². The van der Waals surface area contributed by atoms with Gasteiger partial charge >= 0.3 is 5.97 Å². The lowest BCUT2D eigenvalue weighted by atomic mass is 9.70. The molecule has 1 aromatic heterocycles. The molecule has 6 heteroatoms. The van der Waals surface area contributed by atoms with Gasteiger partial charge in [0.25, 0.3) is 5.91 Å². The highest BCUT2D eigenvalue weighted by Gasteiger charge is 2.33. The van der Waals surface area contributed by atoms with Crippen LogP contribution >= 0.6 is 0 Å². The van der Waals surface area contributed by atoms with Crippen LogP contribution in [0.5, 0.6) is 5.75 Å². The first-order valence-corrected chi connectivity index (χ1v) is 12.2. The Morgan fingerprint density at radius 3 is 2.54 bits per heavy atom. The second-order valence-electron chi connectivity index (χ2n) is 10.3. The average Bonchev–Trinajstić information content (AvgIpc) is 2.85. The standard InChI is InChI=1S/C29H34N2O4/c1-29(2,3)20-11-14-25-23(17-20)27(22-7-5-6-8-24(22)31-25)28(33)35-18-26(32)30-16-15-19-9-12-21(34-4)13-10-19/h5-10,12-13,20H,11,14-18H2,1-4H3,(H,30,32). The van der Waals surface area contributed by atoms with E-state index in [1.54, 1.807) is 7.11 Å². The Balaban J connectivity index is 1.44. The number of nitrogens with one attached hydrogen (secondary N) is 1. The first-order valence-electron chi connectivity index (χ1n) is 12.2. The van der Waals surface area contributed by atoms with Gasteiger partial charge < -0.3 is 14.8 Å². The number of ether oxygens (including phenoxy) is 2. The third-order valence-corrected chi connectivity index (χ3v) is 6.92. The molecule has 0 fully saturated rings. The average molecular weight is 475 g/mol. The summed E-state index contributed by atoms with van der Waals surface area (Å²) in [7, 11) is 1.63. The number of carbonyl (C=O) groups is 2. The minimum Gasteiger partial charge on any atom is -0.497 e. The van der Waals surface area contributed by atoms with Crippen molar-refractivity contribution in [2.45, 2.75) is 46.5 Å². The van der Waals surface area contributed by atoms with Gasteiger partial charge in [0.05, 0.1) is 18.2 Å². The molecule has 1 N–H and O–H groups in total. The maximum atomic E-state index is 13.3. The molecule has 4 rings (SSSR count). The van der Waals surface area contributed by atoms with E-state index in [1.807, 2.05) is 48.5 Å². The number of hydrogen-bond donors (Lipinski definition) is 1. The van der Waals surface area contributed by atoms with Crippen molar-refractivity contribution in [3.63, 3.8) is 0 Å². The number of amides is 1. The van der Waals surface area contributed by atoms with E-state index in [0.717, 1.165) is 52.7 Å². The summed E-state index contributed by atoms with van der Waals surface area (Å²) in [5.41, 5.74) is 4.52. The largest absolute Gasteiger partial charge is 0.497 e. The van der Waals surface area contributed by atoms with Crippen LogP contribution in [0.25, 0.3) is 10.9 Å². The van der Waals surface area contributed by atoms with E-state index < -0.39 is 5.97 Å². The highest BCUT2D eigenvalue weighted by molar-refractivity contribution is 6.05. The lowest BCUT2D eigenvalue weighted by Gasteiger charge is -2.35. The van der Waals surface area contributed by atoms with Crippen molar-refractivity contribution in [2.75, 3.05) is 20.3 Å². The predicted molar refractivity (Wildman–Crippen MR) is 137 cm³/mol. The maximum absolute atomic E-state index is 13.3. The number of aryl methyl sites for hydroxylation is 1. The summed E-state index contributed by atoms with van der Waals surface area (Å²) in [5, 5.41) is 3.62. The molecule has 0 saturated carbocycles. The van der Waals surface area contributed by atoms with Gasteiger partial charge in [-0.1, -0.05) is 51.1 Å². The van der Waals surface area contributed by atoms with Crippen molar-refractivity contribution in [2.24, 2.45) is 11.3 Å². The number of hydrogen-bond acceptors (Lipinski definition) is 5. The number of pyridine rings is 1. The molecule has 184 valence electrons. The van der Waals surface area contributed by atoms with Crippen molar-refractivity contribution in [1.29, 1.82) is 0 Å². The number of fused-ring (bicyclic) bond motifs is 2. The third-order valence-electron chi connectivity index (χ3n) is 6.92. The molecule has 0 aliphatic heterocycles. The Labute approximate surface area is 207 Å². The number of nitrogens with zero attached hydrogens (tertiary/aromatic N) is 1. The molecule has 1 atom stereocenters. The van der Waals surface area contributed by atoms with Crippen molar-refractivity contribution in [3.05, 3.63) is 70.9 Å². The summed E-state index contributed by atoms with van der Waals surface area (Å²) in [5.74, 6) is 0.474. The molecular formula is C29H34N2O4. The van der Waals surface area contributed by atoms with Crippen LogP contribution in [0.2, 0.25) is 0 Å². The van der Waals surface area contributed by atoms with Crippen LogP contribution in [0.15, 0.2) is 48.5 Å². The molecule has 0 bridgehead atoms. The predicted octanol–water partition coefficient (Wildman–Crippen LogP) is 4.91. The summed E-state index contributed by atoms with van der Waals surface area (Å²) in [6.07, 6.45) is 3.36. The maximum Gasteiger partial charge on any atom is 0.339 e. The first kappa shape index (κ1) is 24.7. The van der Waals surface area contributed by atoms with Gasteiger partial charge in [-0.2, -0.15) is 0 Å². The van der Waals surface area contributed by atoms with Gasteiger partial charge in [0.2, 0.25) is 0 Å². The summed E-state index contributed by atoms with van der Waals surface area (Å²) >= 11 is 0. The summed E-state index contributed by atoms with van der Waals surface area (Å²) < 4.78 is 10.7. The minimum absolute atomic E-state index is 0.133. The summed E-state index contributed by atoms with van der Waals surface area (Å²) in [6.45, 7) is 6.88. The normalized spacial score (nSPS) is 15.4. The van der Waals surface area contributed by atoms with E-state index in [-0.39, 0.29) is 17.9 Å². The number of carbonyl (C=O) groups excluding carboxylic acids is 2. The Bertz CT molecular complexity index is 1210. The number of aromatic nitrogens is 1. The minimum atomic E-state index is -0.459. The second kappa shape index (κ2) is 10.5. The van der Waals surface area contributed by atoms with Crippen LogP contribution in [-0.2, 0) is 28.8 Å². The fourth-order valence-electron chi connectivity index (χ4n) is 4.75. The van der Waals surface area contributed by atoms with Gasteiger partial charge in [0, 0.05) is 17.6 Å². The molecule has 1 heterocycles. The zero-order valence-electron chi connectivity index (χ0n) is 21.0. The zero-order chi connectivity index (χ0) is 25.0. The van der Waals surface area contributed by atoms with Crippen LogP contribution in [0, 0.1) is 11.3 Å². The van der Waals surface area contributed by atoms with E-state index in [0.29, 0.717) is 24.4 Å². The molecule has 0 spiro atoms. The number of rotatable bonds is 7. The van der Waals surface area contributed by atoms with Gasteiger partial charge in [-0.05, 0) is 66.3 Å². The zero-order valence-corrected chi connectivity index (χ0v) is 21.0. The fourth-order valence-corrected chi connectivity index (χ4v) is 4.75. The topological polar surface area (TPSA) is 77.5 Å². The Morgan fingerprint density at radius 1 is 1.09 bits per heavy atom. The number of esters is 1. The van der Waals surface area contributed by atoms with Crippen molar-refractivity contribution < 1.29 is 19.1 Å². The van der Waals surface area contributed by atoms with Gasteiger partial charge in [0.15, 0.2) is 6.61 Å². The fraction of sp³-hybridized carbons (Fsp3) is 0.414. The van der Waals surface area contributed by atoms with Crippen LogP contribution in [0.3, 0.4) is 0 Å². The molecule has 1 aliphatic rings. The molecule has 35 heavy (non-hydrogen) atoms. The van der Waals surface area contributed by atoms with E-state index in [9.17, 15) is 9.59 Å². The molecule has 2 aromatic carbocycles. The Hall–Kier alpha value is -3.41. The number of methoxy groups -OCH3 is 1. The molecular weight excluding hydrogens is 440 g/mol. The SMILES string of the molecule is COc1ccc(CCNC(=O)COC(=O)c2c3c(nc4ccccc24)CCC(C(C)(C)C)C3)cc1. The molecule has 1 amide bonds. The lowest BCUT2D eigenvalue weighted by Crippen LogP contribution is -2.31. The first-order chi connectivity index (χ1) is 16.8. The number of para-hydroxylation sites is 1. The number of benzene rings is 2. The van der Waals surface area contributed by atoms with Gasteiger partial charge in [-0.25, -0.2) is 4.79 Å². The summed E-state index contributed by atoms with van der Waals surface area (Å²) in [6, 6.07) is 15.4. The van der Waals surface area contributed by atoms with Crippen molar-refractivity contribution in [1.82, 2.24) is 10.3 Å². The summed E-state index contributed by atoms with van der Waals surface area (Å²) in [4.78, 5) is 30.5. The van der Waals surface area contributed by atoms with E-state index >= 15 is 0 Å². The molecule has 0 saturated heterocycles. The van der Waals surface area contributed by atoms with Gasteiger partial charge in [0.1, 0.15) is 5.75 Å².